The van der Waals surface area contributed by atoms with Gasteiger partial charge in [0.15, 0.2) is 17.2 Å². The van der Waals surface area contributed by atoms with Crippen molar-refractivity contribution in [2.75, 3.05) is 31.7 Å². The van der Waals surface area contributed by atoms with E-state index in [1.807, 2.05) is 6.08 Å². The molecule has 0 aromatic heterocycles. The highest BCUT2D eigenvalue weighted by molar-refractivity contribution is 5.93. The van der Waals surface area contributed by atoms with E-state index >= 15 is 0 Å². The number of carboxylic acids is 1. The second-order valence-electron chi connectivity index (χ2n) is 13.9. The molecule has 8 heteroatoms. The van der Waals surface area contributed by atoms with E-state index in [0.717, 1.165) is 70.0 Å². The second-order valence-corrected chi connectivity index (χ2v) is 13.9. The van der Waals surface area contributed by atoms with Crippen molar-refractivity contribution >= 4 is 29.2 Å². The van der Waals surface area contributed by atoms with E-state index in [1.165, 1.54) is 29.2 Å². The van der Waals surface area contributed by atoms with Gasteiger partial charge < -0.3 is 19.5 Å². The molecular weight excluding hydrogens is 570 g/mol. The van der Waals surface area contributed by atoms with Gasteiger partial charge in [-0.15, -0.1) is 0 Å². The highest BCUT2D eigenvalue weighted by atomic mass is 16.6. The number of unbranched alkanes of at least 4 members (excludes halogenated alkanes) is 3. The number of fused-ring (bicyclic) bond motifs is 4. The normalized spacial score (nSPS) is 28.9. The van der Waals surface area contributed by atoms with Gasteiger partial charge >= 0.3 is 11.9 Å². The molecule has 4 aliphatic rings. The van der Waals surface area contributed by atoms with E-state index in [2.05, 4.69) is 43.1 Å². The zero-order valence-electron chi connectivity index (χ0n) is 27.4. The molecule has 244 valence electrons. The number of Topliss-reactive ketones (excluding diaryl/α,β-unsaturated/α-hetero) is 1. The zero-order chi connectivity index (χ0) is 32.4. The Morgan fingerprint density at radius 1 is 1.00 bits per heavy atom. The predicted molar refractivity (Wildman–Crippen MR) is 172 cm³/mol. The monoisotopic (exact) mass is 619 g/mol. The van der Waals surface area contributed by atoms with Crippen molar-refractivity contribution in [3.05, 3.63) is 52.6 Å². The molecule has 5 atom stereocenters. The summed E-state index contributed by atoms with van der Waals surface area (Å²) in [6.45, 7) is 6.36. The molecule has 0 radical (unpaired) electrons. The lowest BCUT2D eigenvalue weighted by molar-refractivity contribution is -0.182. The first kappa shape index (κ1) is 33.1. The van der Waals surface area contributed by atoms with Gasteiger partial charge in [0, 0.05) is 50.6 Å². The van der Waals surface area contributed by atoms with Crippen LogP contribution in [0.15, 0.2) is 47.1 Å². The molecule has 0 amide bonds. The van der Waals surface area contributed by atoms with Crippen LogP contribution in [0.4, 0.5) is 5.69 Å². The molecule has 0 heterocycles. The van der Waals surface area contributed by atoms with Crippen LogP contribution < -0.4 is 4.90 Å². The molecule has 1 aromatic rings. The number of allylic oxidation sites excluding steroid dienone is 4. The van der Waals surface area contributed by atoms with Gasteiger partial charge in [-0.05, 0) is 105 Å². The van der Waals surface area contributed by atoms with Crippen LogP contribution in [0.3, 0.4) is 0 Å². The molecule has 1 N–H and O–H groups in total. The number of nitrogens with zero attached hydrogens (tertiary/aromatic N) is 1. The van der Waals surface area contributed by atoms with Crippen molar-refractivity contribution in [2.45, 2.75) is 103 Å². The summed E-state index contributed by atoms with van der Waals surface area (Å²) in [7, 11) is 2.11. The molecule has 0 bridgehead atoms. The summed E-state index contributed by atoms with van der Waals surface area (Å²) in [6, 6.07) is 8.83. The maximum absolute atomic E-state index is 13.4. The fourth-order valence-corrected chi connectivity index (χ4v) is 9.17. The van der Waals surface area contributed by atoms with Crippen molar-refractivity contribution in [2.24, 2.45) is 17.3 Å². The Labute approximate surface area is 267 Å². The number of hydrogen-bond acceptors (Lipinski definition) is 7. The number of ether oxygens (including phenoxy) is 2. The van der Waals surface area contributed by atoms with Gasteiger partial charge in [0.25, 0.3) is 0 Å². The summed E-state index contributed by atoms with van der Waals surface area (Å²) < 4.78 is 11.2. The lowest BCUT2D eigenvalue weighted by Gasteiger charge is -2.55. The molecule has 1 aromatic carbocycles. The topological polar surface area (TPSA) is 110 Å². The lowest BCUT2D eigenvalue weighted by atomic mass is 9.50. The van der Waals surface area contributed by atoms with Crippen LogP contribution in [0.25, 0.3) is 0 Å². The largest absolute Gasteiger partial charge is 0.480 e. The van der Waals surface area contributed by atoms with E-state index in [1.54, 1.807) is 6.92 Å². The number of carbonyl (C=O) groups excluding carboxylic acids is 3. The van der Waals surface area contributed by atoms with Gasteiger partial charge in [-0.1, -0.05) is 37.5 Å². The molecule has 0 aliphatic heterocycles. The van der Waals surface area contributed by atoms with Crippen molar-refractivity contribution in [1.82, 2.24) is 0 Å². The molecule has 4 aliphatic carbocycles. The average molecular weight is 620 g/mol. The first-order chi connectivity index (χ1) is 21.5. The van der Waals surface area contributed by atoms with Crippen LogP contribution in [0, 0.1) is 17.3 Å². The van der Waals surface area contributed by atoms with Crippen LogP contribution in [0.2, 0.25) is 0 Å². The molecule has 8 nitrogen and oxygen atoms in total. The number of ketones is 2. The van der Waals surface area contributed by atoms with Crippen LogP contribution in [-0.4, -0.2) is 61.0 Å². The van der Waals surface area contributed by atoms with Gasteiger partial charge in [0.2, 0.25) is 0 Å². The quantitative estimate of drug-likeness (QED) is 0.195. The zero-order valence-corrected chi connectivity index (χ0v) is 27.4. The number of anilines is 1. The number of carbonyl (C=O) groups is 4. The standard InChI is InChI=1S/C37H49NO7/c1-24(39)37(45-25(2)40)18-17-33-31-15-11-27-21-29(41)14-16-30(27)35(31)32(22-36(33,37)3)26-9-12-28(13-10-26)38(4)19-7-5-6-8-20-44-23-34(42)43/h9-10,12-13,21,31-33H,5-8,11,14-20,22-23H2,1-4H3,(H,42,43)/t31-,32+,33-,36-,37-/m0/s1. The van der Waals surface area contributed by atoms with E-state index in [-0.39, 0.29) is 30.0 Å². The first-order valence-electron chi connectivity index (χ1n) is 16.7. The summed E-state index contributed by atoms with van der Waals surface area (Å²) in [5.41, 5.74) is 4.78. The molecule has 2 fully saturated rings. The van der Waals surface area contributed by atoms with Crippen LogP contribution >= 0.6 is 0 Å². The van der Waals surface area contributed by atoms with Gasteiger partial charge in [-0.25, -0.2) is 4.79 Å². The lowest BCUT2D eigenvalue weighted by Crippen LogP contribution is -2.57. The molecule has 0 spiro atoms. The number of esters is 1. The predicted octanol–water partition coefficient (Wildman–Crippen LogP) is 6.57. The fourth-order valence-electron chi connectivity index (χ4n) is 9.17. The molecule has 0 unspecified atom stereocenters. The van der Waals surface area contributed by atoms with E-state index in [9.17, 15) is 19.2 Å². The number of benzene rings is 1. The van der Waals surface area contributed by atoms with Gasteiger partial charge in [-0.3, -0.25) is 14.4 Å². The SMILES string of the molecule is CC(=O)O[C@]1(C(C)=O)CC[C@H]2[C@@H]3CCC4=CC(=O)CCC4=C3[C@@H](c3ccc(N(C)CCCCCCOCC(=O)O)cc3)C[C@@]21C. The number of rotatable bonds is 13. The van der Waals surface area contributed by atoms with Crippen LogP contribution in [0.1, 0.15) is 103 Å². The van der Waals surface area contributed by atoms with Gasteiger partial charge in [-0.2, -0.15) is 0 Å². The summed E-state index contributed by atoms with van der Waals surface area (Å²) in [4.78, 5) is 51.0. The molecule has 5 rings (SSSR count). The molecule has 45 heavy (non-hydrogen) atoms. The van der Waals surface area contributed by atoms with Crippen molar-refractivity contribution < 1.29 is 33.8 Å². The van der Waals surface area contributed by atoms with Gasteiger partial charge in [0.1, 0.15) is 6.61 Å². The van der Waals surface area contributed by atoms with Crippen molar-refractivity contribution in [3.63, 3.8) is 0 Å². The molecular formula is C37H49NO7. The summed E-state index contributed by atoms with van der Waals surface area (Å²) in [5, 5.41) is 8.66. The first-order valence-corrected chi connectivity index (χ1v) is 16.7. The Morgan fingerprint density at radius 3 is 2.42 bits per heavy atom. The van der Waals surface area contributed by atoms with Crippen LogP contribution in [-0.2, 0) is 28.7 Å². The minimum atomic E-state index is -1.11. The average Bonchev–Trinajstić information content (AvgIpc) is 3.29. The number of carboxylic acid groups (broad SMARTS) is 1. The maximum Gasteiger partial charge on any atom is 0.329 e. The van der Waals surface area contributed by atoms with Gasteiger partial charge in [0.05, 0.1) is 0 Å². The minimum absolute atomic E-state index is 0.0537. The van der Waals surface area contributed by atoms with E-state index in [0.29, 0.717) is 25.4 Å². The third kappa shape index (κ3) is 6.53. The number of aliphatic carboxylic acids is 1. The minimum Gasteiger partial charge on any atom is -0.480 e. The third-order valence-electron chi connectivity index (χ3n) is 11.2. The highest BCUT2D eigenvalue weighted by Gasteiger charge is 2.67. The Hall–Kier alpha value is -3.26. The summed E-state index contributed by atoms with van der Waals surface area (Å²) >= 11 is 0. The summed E-state index contributed by atoms with van der Waals surface area (Å²) in [5.74, 6) is -0.547. The highest BCUT2D eigenvalue weighted by Crippen LogP contribution is 2.67. The fraction of sp³-hybridized carbons (Fsp3) is 0.622. The Morgan fingerprint density at radius 2 is 1.73 bits per heavy atom. The Bertz CT molecular complexity index is 1380. The molecule has 2 saturated carbocycles. The van der Waals surface area contributed by atoms with Crippen molar-refractivity contribution in [1.29, 1.82) is 0 Å². The van der Waals surface area contributed by atoms with Crippen molar-refractivity contribution in [3.8, 4) is 0 Å². The smallest absolute Gasteiger partial charge is 0.329 e. The maximum atomic E-state index is 13.4. The Kier molecular flexibility index (Phi) is 10.0. The Balaban J connectivity index is 1.37. The number of hydrogen-bond donors (Lipinski definition) is 1. The second kappa shape index (κ2) is 13.6. The summed E-state index contributed by atoms with van der Waals surface area (Å²) in [6.07, 6.45) is 11.1. The van der Waals surface area contributed by atoms with E-state index < -0.39 is 23.0 Å². The molecule has 0 saturated heterocycles. The third-order valence-corrected chi connectivity index (χ3v) is 11.2. The van der Waals surface area contributed by atoms with E-state index in [4.69, 9.17) is 14.6 Å². The van der Waals surface area contributed by atoms with Crippen LogP contribution in [0.5, 0.6) is 0 Å².